The van der Waals surface area contributed by atoms with E-state index in [1.807, 2.05) is 0 Å². The summed E-state index contributed by atoms with van der Waals surface area (Å²) in [7, 11) is -16.5. The van der Waals surface area contributed by atoms with Crippen molar-refractivity contribution in [3.05, 3.63) is 0 Å². The van der Waals surface area contributed by atoms with Crippen molar-refractivity contribution in [3.63, 3.8) is 0 Å². The van der Waals surface area contributed by atoms with E-state index in [1.165, 1.54) is 0 Å². The summed E-state index contributed by atoms with van der Waals surface area (Å²) in [4.78, 5) is 37.3. The molecule has 0 atom stereocenters. The van der Waals surface area contributed by atoms with Crippen LogP contribution < -0.4 is 19.6 Å². The first-order valence-electron chi connectivity index (χ1n) is 2.13. The van der Waals surface area contributed by atoms with Crippen molar-refractivity contribution in [2.75, 3.05) is 0 Å². The molecule has 0 N–H and O–H groups in total. The number of phosphoric acid groups is 2. The fourth-order valence-electron chi connectivity index (χ4n) is 0.122. The molecule has 0 spiro atoms. The molecule has 0 amide bonds. The third kappa shape index (κ3) is 40.0. The minimum atomic E-state index is -5.68. The van der Waals surface area contributed by atoms with Gasteiger partial charge in [0.15, 0.2) is 0 Å². The maximum absolute atomic E-state index is 9.32. The third-order valence-electron chi connectivity index (χ3n) is 0.200. The third-order valence-corrected chi connectivity index (χ3v) is 1.80. The Morgan fingerprint density at radius 2 is 1.00 bits per heavy atom. The van der Waals surface area contributed by atoms with E-state index in [9.17, 15) is 28.7 Å². The Balaban J connectivity index is 0. The van der Waals surface area contributed by atoms with E-state index in [0.29, 0.717) is 0 Å². The number of hydrogen-bond donors (Lipinski definition) is 0. The van der Waals surface area contributed by atoms with Crippen molar-refractivity contribution in [2.24, 2.45) is 0 Å². The van der Waals surface area contributed by atoms with E-state index < -0.39 is 26.0 Å². The Morgan fingerprint density at radius 3 is 1.00 bits per heavy atom. The van der Waals surface area contributed by atoms with Crippen LogP contribution in [0.1, 0.15) is 0 Å². The standard InChI is InChI=1S/H4O7P2.H2O4S/c1-8(2,3)7-9(4,5)6;1-5(2,3)4/h(H2,1,2,3)(H2,4,5,6);(H2,1,2,3,4)/p-6. The highest BCUT2D eigenvalue weighted by atomic mass is 32.3. The number of hydrogen-bond acceptors (Lipinski definition) is 11. The highest BCUT2D eigenvalue weighted by molar-refractivity contribution is 7.79. The molecule has 0 heterocycles. The van der Waals surface area contributed by atoms with Gasteiger partial charge in [-0.25, -0.2) is 0 Å². The predicted molar refractivity (Wildman–Crippen MR) is 26.8 cm³/mol. The van der Waals surface area contributed by atoms with Crippen LogP contribution in [0.3, 0.4) is 0 Å². The van der Waals surface area contributed by atoms with Crippen LogP contribution >= 0.6 is 15.6 Å². The Labute approximate surface area is 77.4 Å². The van der Waals surface area contributed by atoms with Gasteiger partial charge in [-0.05, 0) is 0 Å². The molecular formula is O11P2S-6. The highest BCUT2D eigenvalue weighted by Crippen LogP contribution is 2.42. The van der Waals surface area contributed by atoms with Crippen molar-refractivity contribution >= 4 is 26.0 Å². The van der Waals surface area contributed by atoms with E-state index in [4.69, 9.17) is 17.5 Å². The van der Waals surface area contributed by atoms with Gasteiger partial charge in [-0.15, -0.1) is 0 Å². The zero-order valence-electron chi connectivity index (χ0n) is 5.79. The lowest BCUT2D eigenvalue weighted by Crippen LogP contribution is -2.23. The first-order valence-corrected chi connectivity index (χ1v) is 6.38. The monoisotopic (exact) mass is 270 g/mol. The summed E-state index contributed by atoms with van der Waals surface area (Å²) in [6.45, 7) is 0. The van der Waals surface area contributed by atoms with Gasteiger partial charge in [-0.3, -0.25) is 8.42 Å². The molecule has 0 aliphatic carbocycles. The molecule has 0 saturated heterocycles. The van der Waals surface area contributed by atoms with Crippen molar-refractivity contribution in [2.45, 2.75) is 0 Å². The summed E-state index contributed by atoms with van der Waals surface area (Å²) in [5, 5.41) is 0. The van der Waals surface area contributed by atoms with Crippen LogP contribution in [0.25, 0.3) is 0 Å². The summed E-state index contributed by atoms with van der Waals surface area (Å²) < 4.78 is 55.2. The Morgan fingerprint density at radius 1 is 0.857 bits per heavy atom. The zero-order chi connectivity index (χ0) is 12.2. The lowest BCUT2D eigenvalue weighted by atomic mass is 15.7. The Hall–Kier alpha value is 0.130. The van der Waals surface area contributed by atoms with Gasteiger partial charge >= 0.3 is 0 Å². The fourth-order valence-corrected chi connectivity index (χ4v) is 1.10. The first kappa shape index (κ1) is 16.6. The maximum atomic E-state index is 9.32. The Kier molecular flexibility index (Phi) is 6.24. The summed E-state index contributed by atoms with van der Waals surface area (Å²) in [6, 6.07) is 0. The molecule has 0 saturated carbocycles. The average molecular weight is 270 g/mol. The van der Waals surface area contributed by atoms with Gasteiger partial charge in [0.2, 0.25) is 0 Å². The summed E-state index contributed by atoms with van der Waals surface area (Å²) in [5.74, 6) is 0. The molecule has 0 radical (unpaired) electrons. The normalized spacial score (nSPS) is 13.0. The van der Waals surface area contributed by atoms with Gasteiger partial charge in [0, 0.05) is 10.4 Å². The summed E-state index contributed by atoms with van der Waals surface area (Å²) >= 11 is 0. The van der Waals surface area contributed by atoms with Gasteiger partial charge < -0.3 is 42.1 Å². The molecule has 0 rings (SSSR count). The number of rotatable bonds is 2. The van der Waals surface area contributed by atoms with E-state index >= 15 is 0 Å². The molecule has 14 heavy (non-hydrogen) atoms. The van der Waals surface area contributed by atoms with Crippen LogP contribution in [0, 0.1) is 0 Å². The average Bonchev–Trinajstić information content (AvgIpc) is 1.42. The quantitative estimate of drug-likeness (QED) is 0.263. The van der Waals surface area contributed by atoms with E-state index in [2.05, 4.69) is 4.31 Å². The molecule has 0 aliphatic heterocycles. The second-order valence-corrected chi connectivity index (χ2v) is 4.64. The molecular weight excluding hydrogens is 270 g/mol. The zero-order valence-corrected chi connectivity index (χ0v) is 8.40. The second kappa shape index (κ2) is 5.28. The lowest BCUT2D eigenvalue weighted by molar-refractivity contribution is -0.364. The molecule has 0 aromatic rings. The molecule has 88 valence electrons. The molecule has 0 aromatic carbocycles. The molecule has 0 bridgehead atoms. The molecule has 0 unspecified atom stereocenters. The minimum absolute atomic E-state index is 2.51. The van der Waals surface area contributed by atoms with Gasteiger partial charge in [-0.2, -0.15) is 0 Å². The van der Waals surface area contributed by atoms with Gasteiger partial charge in [0.05, 0.1) is 15.6 Å². The molecule has 0 fully saturated rings. The van der Waals surface area contributed by atoms with Gasteiger partial charge in [0.1, 0.15) is 0 Å². The molecule has 14 heteroatoms. The van der Waals surface area contributed by atoms with Crippen LogP contribution in [0.5, 0.6) is 0 Å². The molecule has 11 nitrogen and oxygen atoms in total. The van der Waals surface area contributed by atoms with E-state index in [0.717, 1.165) is 0 Å². The van der Waals surface area contributed by atoms with Crippen molar-refractivity contribution in [1.82, 2.24) is 0 Å². The SMILES string of the molecule is O=P([O-])([O-])OP(=O)([O-])[O-].O=S(=O)([O-])[O-]. The predicted octanol–water partition coefficient (Wildman–Crippen LogP) is -4.68. The van der Waals surface area contributed by atoms with Crippen LogP contribution in [0.4, 0.5) is 0 Å². The molecule has 0 aromatic heterocycles. The smallest absolute Gasteiger partial charge is 0.0655 e. The minimum Gasteiger partial charge on any atom is -0.790 e. The van der Waals surface area contributed by atoms with Crippen LogP contribution in [0.15, 0.2) is 0 Å². The lowest BCUT2D eigenvalue weighted by Gasteiger charge is -2.39. The van der Waals surface area contributed by atoms with E-state index in [1.54, 1.807) is 0 Å². The largest absolute Gasteiger partial charge is 0.790 e. The van der Waals surface area contributed by atoms with Crippen molar-refractivity contribution in [1.29, 1.82) is 0 Å². The van der Waals surface area contributed by atoms with E-state index in [-0.39, 0.29) is 0 Å². The Bertz CT molecular complexity index is 307. The maximum Gasteiger partial charge on any atom is 0.0655 e. The summed E-state index contributed by atoms with van der Waals surface area (Å²) in [6.07, 6.45) is 0. The fraction of sp³-hybridized carbons (Fsp3) is 0. The second-order valence-electron chi connectivity index (χ2n) is 1.38. The topological polar surface area (TPSA) is 216 Å². The summed E-state index contributed by atoms with van der Waals surface area (Å²) in [5.41, 5.74) is 0. The molecule has 0 aliphatic rings. The van der Waals surface area contributed by atoms with Crippen LogP contribution in [-0.2, 0) is 23.8 Å². The first-order chi connectivity index (χ1) is 5.71. The van der Waals surface area contributed by atoms with Gasteiger partial charge in [0.25, 0.3) is 0 Å². The van der Waals surface area contributed by atoms with Crippen molar-refractivity contribution in [3.8, 4) is 0 Å². The van der Waals surface area contributed by atoms with Crippen LogP contribution in [-0.4, -0.2) is 17.5 Å². The van der Waals surface area contributed by atoms with Crippen LogP contribution in [0.2, 0.25) is 0 Å². The highest BCUT2D eigenvalue weighted by Gasteiger charge is 1.92. The van der Waals surface area contributed by atoms with Gasteiger partial charge in [-0.1, -0.05) is 0 Å². The van der Waals surface area contributed by atoms with Crippen molar-refractivity contribution < 1.29 is 50.5 Å².